The molecule has 40 heavy (non-hydrogen) atoms. The van der Waals surface area contributed by atoms with Crippen molar-refractivity contribution in [2.24, 2.45) is 0 Å². The van der Waals surface area contributed by atoms with Crippen molar-refractivity contribution in [3.05, 3.63) is 59.3 Å². The molecular formula is C30H37N7O3. The van der Waals surface area contributed by atoms with Gasteiger partial charge in [-0.25, -0.2) is 0 Å². The maximum atomic E-state index is 12.5. The Morgan fingerprint density at radius 1 is 1.18 bits per heavy atom. The first-order valence-corrected chi connectivity index (χ1v) is 14.3. The van der Waals surface area contributed by atoms with E-state index < -0.39 is 0 Å². The van der Waals surface area contributed by atoms with Gasteiger partial charge in [0.05, 0.1) is 37.4 Å². The van der Waals surface area contributed by atoms with Gasteiger partial charge in [-0.1, -0.05) is 30.8 Å². The third-order valence-corrected chi connectivity index (χ3v) is 8.62. The Bertz CT molecular complexity index is 1290. The fraction of sp³-hybridized carbons (Fsp3) is 0.533. The predicted molar refractivity (Wildman–Crippen MR) is 150 cm³/mol. The monoisotopic (exact) mass is 543 g/mol. The van der Waals surface area contributed by atoms with Gasteiger partial charge >= 0.3 is 6.01 Å². The zero-order valence-electron chi connectivity index (χ0n) is 23.0. The van der Waals surface area contributed by atoms with Crippen molar-refractivity contribution < 1.29 is 14.3 Å². The van der Waals surface area contributed by atoms with Gasteiger partial charge in [0.15, 0.2) is 0 Å². The second kappa shape index (κ2) is 11.9. The summed E-state index contributed by atoms with van der Waals surface area (Å²) >= 11 is 0. The molecule has 6 rings (SSSR count). The number of carbonyl (C=O) groups excluding carboxylic acids is 1. The molecule has 210 valence electrons. The predicted octanol–water partition coefficient (Wildman–Crippen LogP) is 2.31. The third-order valence-electron chi connectivity index (χ3n) is 8.62. The van der Waals surface area contributed by atoms with Gasteiger partial charge in [0, 0.05) is 64.0 Å². The first-order chi connectivity index (χ1) is 19.6. The molecule has 2 atom stereocenters. The molecule has 2 saturated heterocycles. The molecule has 1 amide bonds. The minimum atomic E-state index is -0.222. The maximum Gasteiger partial charge on any atom is 0.318 e. The largest absolute Gasteiger partial charge is 0.462 e. The summed E-state index contributed by atoms with van der Waals surface area (Å²) in [7, 11) is 0. The molecule has 10 nitrogen and oxygen atoms in total. The molecule has 3 aliphatic heterocycles. The number of amides is 1. The minimum Gasteiger partial charge on any atom is -0.462 e. The van der Waals surface area contributed by atoms with Crippen molar-refractivity contribution in [3.8, 4) is 12.1 Å². The lowest BCUT2D eigenvalue weighted by Crippen LogP contribution is -2.55. The molecule has 2 fully saturated rings. The molecule has 1 aromatic carbocycles. The third kappa shape index (κ3) is 5.42. The summed E-state index contributed by atoms with van der Waals surface area (Å²) in [5, 5.41) is 9.49. The number of nitriles is 1. The number of aromatic nitrogens is 2. The summed E-state index contributed by atoms with van der Waals surface area (Å²) in [5.41, 5.74) is 4.99. The van der Waals surface area contributed by atoms with E-state index in [0.717, 1.165) is 75.9 Å². The first kappa shape index (κ1) is 26.7. The number of anilines is 1. The number of hydrogen-bond donors (Lipinski definition) is 0. The van der Waals surface area contributed by atoms with Gasteiger partial charge in [-0.2, -0.15) is 15.2 Å². The van der Waals surface area contributed by atoms with Crippen molar-refractivity contribution in [2.75, 3.05) is 64.0 Å². The van der Waals surface area contributed by atoms with E-state index in [1.165, 1.54) is 17.2 Å². The van der Waals surface area contributed by atoms with Crippen LogP contribution in [-0.4, -0.2) is 95.7 Å². The molecule has 2 aromatic rings. The van der Waals surface area contributed by atoms with Crippen LogP contribution in [0.15, 0.2) is 36.9 Å². The van der Waals surface area contributed by atoms with Crippen LogP contribution in [0.3, 0.4) is 0 Å². The van der Waals surface area contributed by atoms with Crippen molar-refractivity contribution in [3.63, 3.8) is 0 Å². The van der Waals surface area contributed by atoms with Gasteiger partial charge < -0.3 is 19.3 Å². The van der Waals surface area contributed by atoms with E-state index in [0.29, 0.717) is 38.3 Å². The Hall–Kier alpha value is -3.52. The van der Waals surface area contributed by atoms with Crippen LogP contribution < -0.4 is 9.64 Å². The minimum absolute atomic E-state index is 0.133. The van der Waals surface area contributed by atoms with Crippen LogP contribution in [-0.2, 0) is 29.0 Å². The standard InChI is InChI=1S/C30H37N7O3/c1-2-28(38)37-12-11-35(19-23(37)9-10-31)29-25-20-36(27-8-7-22-5-3-4-6-24(22)27)21-26(25)32-30(33-29)40-18-15-34-13-16-39-17-14-34/h2-6,23,27H,1,7-9,11-21H2/t23-,27?/m0/s1. The van der Waals surface area contributed by atoms with Crippen LogP contribution in [0.1, 0.15) is 41.3 Å². The van der Waals surface area contributed by atoms with E-state index in [9.17, 15) is 10.1 Å². The molecule has 10 heteroatoms. The molecule has 4 heterocycles. The molecule has 1 aliphatic carbocycles. The Balaban J connectivity index is 1.25. The lowest BCUT2D eigenvalue weighted by molar-refractivity contribution is -0.128. The van der Waals surface area contributed by atoms with E-state index >= 15 is 0 Å². The van der Waals surface area contributed by atoms with Crippen LogP contribution in [0.2, 0.25) is 0 Å². The van der Waals surface area contributed by atoms with Gasteiger partial charge in [-0.3, -0.25) is 14.6 Å². The summed E-state index contributed by atoms with van der Waals surface area (Å²) in [6, 6.07) is 11.5. The van der Waals surface area contributed by atoms with Crippen molar-refractivity contribution in [2.45, 2.75) is 44.4 Å². The van der Waals surface area contributed by atoms with Crippen molar-refractivity contribution in [1.82, 2.24) is 24.7 Å². The molecule has 1 aromatic heterocycles. The fourth-order valence-electron chi connectivity index (χ4n) is 6.53. The van der Waals surface area contributed by atoms with Crippen LogP contribution in [0.4, 0.5) is 5.82 Å². The number of carbonyl (C=O) groups is 1. The van der Waals surface area contributed by atoms with E-state index in [1.54, 1.807) is 4.90 Å². The summed E-state index contributed by atoms with van der Waals surface area (Å²) < 4.78 is 11.6. The van der Waals surface area contributed by atoms with Gasteiger partial charge in [-0.05, 0) is 30.0 Å². The SMILES string of the molecule is C=CC(=O)N1CCN(c2nc(OCCN3CCOCC3)nc3c2CN(C2CCc4ccccc42)C3)C[C@@H]1CC#N. The highest BCUT2D eigenvalue weighted by atomic mass is 16.5. The average Bonchev–Trinajstić information content (AvgIpc) is 3.61. The number of fused-ring (bicyclic) bond motifs is 2. The quantitative estimate of drug-likeness (QED) is 0.465. The van der Waals surface area contributed by atoms with Crippen molar-refractivity contribution in [1.29, 1.82) is 5.26 Å². The summed E-state index contributed by atoms with van der Waals surface area (Å²) in [4.78, 5) is 31.2. The van der Waals surface area contributed by atoms with Crippen LogP contribution >= 0.6 is 0 Å². The number of rotatable bonds is 8. The summed E-state index contributed by atoms with van der Waals surface area (Å²) in [6.07, 6.45) is 3.79. The smallest absolute Gasteiger partial charge is 0.318 e. The highest BCUT2D eigenvalue weighted by Gasteiger charge is 2.37. The van der Waals surface area contributed by atoms with Gasteiger partial charge in [0.1, 0.15) is 12.4 Å². The molecule has 0 N–H and O–H groups in total. The molecule has 0 spiro atoms. The number of aryl methyl sites for hydroxylation is 1. The van der Waals surface area contributed by atoms with Crippen LogP contribution in [0.5, 0.6) is 6.01 Å². The number of piperazine rings is 1. The summed E-state index contributed by atoms with van der Waals surface area (Å²) in [6.45, 7) is 11.5. The van der Waals surface area contributed by atoms with E-state index in [4.69, 9.17) is 19.4 Å². The molecule has 0 saturated carbocycles. The highest BCUT2D eigenvalue weighted by molar-refractivity contribution is 5.87. The lowest BCUT2D eigenvalue weighted by atomic mass is 10.1. The van der Waals surface area contributed by atoms with Crippen LogP contribution in [0.25, 0.3) is 0 Å². The lowest BCUT2D eigenvalue weighted by Gasteiger charge is -2.41. The number of nitrogens with zero attached hydrogens (tertiary/aromatic N) is 7. The van der Waals surface area contributed by atoms with Gasteiger partial charge in [-0.15, -0.1) is 0 Å². The number of morpholine rings is 1. The molecule has 0 radical (unpaired) electrons. The molecule has 0 bridgehead atoms. The number of benzene rings is 1. The normalized spacial score (nSPS) is 23.0. The van der Waals surface area contributed by atoms with Crippen molar-refractivity contribution >= 4 is 11.7 Å². The first-order valence-electron chi connectivity index (χ1n) is 14.3. The van der Waals surface area contributed by atoms with E-state index in [-0.39, 0.29) is 18.4 Å². The Morgan fingerprint density at radius 3 is 2.85 bits per heavy atom. The van der Waals surface area contributed by atoms with E-state index in [2.05, 4.69) is 51.6 Å². The highest BCUT2D eigenvalue weighted by Crippen LogP contribution is 2.42. The van der Waals surface area contributed by atoms with Gasteiger partial charge in [0.25, 0.3) is 0 Å². The maximum absolute atomic E-state index is 12.5. The zero-order chi connectivity index (χ0) is 27.5. The van der Waals surface area contributed by atoms with Crippen LogP contribution in [0, 0.1) is 11.3 Å². The zero-order valence-corrected chi connectivity index (χ0v) is 23.0. The molecule has 1 unspecified atom stereocenters. The topological polar surface area (TPSA) is 98.1 Å². The second-order valence-corrected chi connectivity index (χ2v) is 10.9. The average molecular weight is 544 g/mol. The summed E-state index contributed by atoms with van der Waals surface area (Å²) in [5.74, 6) is 0.736. The Kier molecular flexibility index (Phi) is 7.96. The second-order valence-electron chi connectivity index (χ2n) is 10.9. The number of hydrogen-bond acceptors (Lipinski definition) is 9. The molecule has 4 aliphatic rings. The fourth-order valence-corrected chi connectivity index (χ4v) is 6.53. The number of ether oxygens (including phenoxy) is 2. The Labute approximate surface area is 235 Å². The molecular weight excluding hydrogens is 506 g/mol. The van der Waals surface area contributed by atoms with Gasteiger partial charge in [0.2, 0.25) is 5.91 Å². The van der Waals surface area contributed by atoms with E-state index in [1.807, 2.05) is 0 Å². The Morgan fingerprint density at radius 2 is 2.02 bits per heavy atom.